The maximum absolute atomic E-state index is 12.1. The average molecular weight is 308 g/mol. The van der Waals surface area contributed by atoms with Gasteiger partial charge in [-0.1, -0.05) is 0 Å². The highest BCUT2D eigenvalue weighted by molar-refractivity contribution is 5.83. The van der Waals surface area contributed by atoms with Gasteiger partial charge in [0.15, 0.2) is 11.5 Å². The van der Waals surface area contributed by atoms with E-state index in [0.717, 1.165) is 25.1 Å². The summed E-state index contributed by atoms with van der Waals surface area (Å²) in [5.41, 5.74) is 0.933. The molecule has 0 aliphatic carbocycles. The van der Waals surface area contributed by atoms with Crippen LogP contribution in [0.1, 0.15) is 18.9 Å². The van der Waals surface area contributed by atoms with Crippen LogP contribution in [0.4, 0.5) is 0 Å². The molecule has 1 saturated heterocycles. The molecule has 0 aromatic heterocycles. The number of nitrogens with one attached hydrogen (secondary N) is 1. The molecule has 122 valence electrons. The summed E-state index contributed by atoms with van der Waals surface area (Å²) in [4.78, 5) is 14.0. The number of amides is 1. The molecule has 0 spiro atoms. The number of likely N-dealkylation sites (tertiary alicyclic amines) is 1. The van der Waals surface area contributed by atoms with Crippen LogP contribution in [0, 0.1) is 0 Å². The molecule has 1 amide bonds. The van der Waals surface area contributed by atoms with Gasteiger partial charge in [0, 0.05) is 31.3 Å². The number of carbonyl (C=O) groups excluding carboxylic acids is 1. The summed E-state index contributed by atoms with van der Waals surface area (Å²) in [7, 11) is 4.80. The van der Waals surface area contributed by atoms with Crippen molar-refractivity contribution in [1.82, 2.24) is 10.2 Å². The number of likely N-dealkylation sites (N-methyl/N-ethyl adjacent to an activating group) is 1. The lowest BCUT2D eigenvalue weighted by Crippen LogP contribution is -2.37. The van der Waals surface area contributed by atoms with Crippen molar-refractivity contribution in [1.29, 1.82) is 0 Å². The van der Waals surface area contributed by atoms with Gasteiger partial charge in [0.1, 0.15) is 5.75 Å². The van der Waals surface area contributed by atoms with E-state index in [-0.39, 0.29) is 11.9 Å². The summed E-state index contributed by atoms with van der Waals surface area (Å²) in [6.45, 7) is 4.11. The van der Waals surface area contributed by atoms with E-state index >= 15 is 0 Å². The molecule has 1 unspecified atom stereocenters. The van der Waals surface area contributed by atoms with Crippen LogP contribution >= 0.6 is 0 Å². The maximum atomic E-state index is 12.1. The van der Waals surface area contributed by atoms with E-state index in [0.29, 0.717) is 23.8 Å². The van der Waals surface area contributed by atoms with E-state index < -0.39 is 0 Å². The predicted octanol–water partition coefficient (Wildman–Crippen LogP) is 1.42. The molecule has 0 saturated carbocycles. The van der Waals surface area contributed by atoms with Crippen LogP contribution < -0.4 is 19.5 Å². The lowest BCUT2D eigenvalue weighted by Gasteiger charge is -2.17. The molecule has 1 aliphatic heterocycles. The van der Waals surface area contributed by atoms with E-state index in [1.165, 1.54) is 0 Å². The van der Waals surface area contributed by atoms with E-state index in [2.05, 4.69) is 5.32 Å². The lowest BCUT2D eigenvalue weighted by molar-refractivity contribution is -0.129. The Hall–Kier alpha value is -1.95. The minimum Gasteiger partial charge on any atom is -0.496 e. The van der Waals surface area contributed by atoms with Gasteiger partial charge in [-0.3, -0.25) is 4.79 Å². The van der Waals surface area contributed by atoms with E-state index in [1.54, 1.807) is 27.4 Å². The second kappa shape index (κ2) is 7.35. The van der Waals surface area contributed by atoms with Crippen molar-refractivity contribution < 1.29 is 19.0 Å². The first kappa shape index (κ1) is 16.4. The molecule has 1 heterocycles. The minimum atomic E-state index is -0.127. The Labute approximate surface area is 131 Å². The first-order valence-corrected chi connectivity index (χ1v) is 7.45. The number of benzene rings is 1. The zero-order valence-corrected chi connectivity index (χ0v) is 13.6. The van der Waals surface area contributed by atoms with Gasteiger partial charge in [-0.05, 0) is 19.4 Å². The summed E-state index contributed by atoms with van der Waals surface area (Å²) in [6.07, 6.45) is 0.836. The Morgan fingerprint density at radius 1 is 1.14 bits per heavy atom. The number of carbonyl (C=O) groups is 1. The van der Waals surface area contributed by atoms with E-state index in [1.807, 2.05) is 17.9 Å². The number of hydrogen-bond acceptors (Lipinski definition) is 5. The topological polar surface area (TPSA) is 60.0 Å². The molecule has 1 aromatic carbocycles. The van der Waals surface area contributed by atoms with E-state index in [4.69, 9.17) is 14.2 Å². The number of methoxy groups -OCH3 is 3. The molecule has 1 aromatic rings. The molecule has 1 atom stereocenters. The van der Waals surface area contributed by atoms with Gasteiger partial charge in [0.05, 0.1) is 27.4 Å². The van der Waals surface area contributed by atoms with Gasteiger partial charge in [-0.2, -0.15) is 0 Å². The summed E-state index contributed by atoms with van der Waals surface area (Å²) < 4.78 is 16.0. The van der Waals surface area contributed by atoms with Gasteiger partial charge >= 0.3 is 0 Å². The van der Waals surface area contributed by atoms with Crippen LogP contribution in [-0.4, -0.2) is 51.3 Å². The fraction of sp³-hybridized carbons (Fsp3) is 0.562. The second-order valence-corrected chi connectivity index (χ2v) is 5.16. The summed E-state index contributed by atoms with van der Waals surface area (Å²) in [5.74, 6) is 2.15. The summed E-state index contributed by atoms with van der Waals surface area (Å²) in [6, 6.07) is 3.55. The molecule has 6 nitrogen and oxygen atoms in total. The summed E-state index contributed by atoms with van der Waals surface area (Å²) in [5, 5.41) is 3.31. The molecule has 0 radical (unpaired) electrons. The number of rotatable bonds is 7. The van der Waals surface area contributed by atoms with Crippen LogP contribution in [0.25, 0.3) is 0 Å². The largest absolute Gasteiger partial charge is 0.496 e. The molecule has 1 aliphatic rings. The first-order chi connectivity index (χ1) is 10.6. The Bertz CT molecular complexity index is 533. The molecule has 6 heteroatoms. The predicted molar refractivity (Wildman–Crippen MR) is 83.6 cm³/mol. The highest BCUT2D eigenvalue weighted by Gasteiger charge is 2.30. The molecule has 0 bridgehead atoms. The Morgan fingerprint density at radius 2 is 1.77 bits per heavy atom. The highest BCUT2D eigenvalue weighted by atomic mass is 16.5. The van der Waals surface area contributed by atoms with Crippen LogP contribution in [0.5, 0.6) is 17.2 Å². The Balaban J connectivity index is 2.10. The fourth-order valence-corrected chi connectivity index (χ4v) is 2.71. The zero-order chi connectivity index (χ0) is 16.1. The third-order valence-corrected chi connectivity index (χ3v) is 4.00. The van der Waals surface area contributed by atoms with Gasteiger partial charge in [-0.15, -0.1) is 0 Å². The first-order valence-electron chi connectivity index (χ1n) is 7.45. The van der Waals surface area contributed by atoms with Crippen LogP contribution in [0.15, 0.2) is 12.1 Å². The van der Waals surface area contributed by atoms with Gasteiger partial charge < -0.3 is 24.4 Å². The lowest BCUT2D eigenvalue weighted by atomic mass is 10.1. The third kappa shape index (κ3) is 3.27. The molecular formula is C16H24N2O4. The van der Waals surface area contributed by atoms with Crippen molar-refractivity contribution in [3.05, 3.63) is 17.7 Å². The fourth-order valence-electron chi connectivity index (χ4n) is 2.71. The second-order valence-electron chi connectivity index (χ2n) is 5.16. The molecule has 22 heavy (non-hydrogen) atoms. The van der Waals surface area contributed by atoms with Crippen molar-refractivity contribution in [3.8, 4) is 17.2 Å². The van der Waals surface area contributed by atoms with Gasteiger partial charge in [0.25, 0.3) is 0 Å². The number of nitrogens with zero attached hydrogens (tertiary/aromatic N) is 1. The van der Waals surface area contributed by atoms with E-state index in [9.17, 15) is 4.79 Å². The average Bonchev–Trinajstić information content (AvgIpc) is 2.91. The van der Waals surface area contributed by atoms with Crippen molar-refractivity contribution in [2.24, 2.45) is 0 Å². The highest BCUT2D eigenvalue weighted by Crippen LogP contribution is 2.34. The van der Waals surface area contributed by atoms with Gasteiger partial charge in [-0.25, -0.2) is 0 Å². The Kier molecular flexibility index (Phi) is 5.49. The monoisotopic (exact) mass is 308 g/mol. The standard InChI is InChI=1S/C16H24N2O4/c1-5-18-7-6-12(16(18)19)17-10-11-8-14(21-3)15(22-4)9-13(11)20-2/h8-9,12,17H,5-7,10H2,1-4H3. The minimum absolute atomic E-state index is 0.127. The van der Waals surface area contributed by atoms with Crippen LogP contribution in [0.2, 0.25) is 0 Å². The normalized spacial score (nSPS) is 17.7. The number of ether oxygens (including phenoxy) is 3. The third-order valence-electron chi connectivity index (χ3n) is 4.00. The van der Waals surface area contributed by atoms with Gasteiger partial charge in [0.2, 0.25) is 5.91 Å². The number of hydrogen-bond donors (Lipinski definition) is 1. The molecule has 2 rings (SSSR count). The molecule has 1 N–H and O–H groups in total. The van der Waals surface area contributed by atoms with Crippen molar-refractivity contribution in [2.45, 2.75) is 25.9 Å². The van der Waals surface area contributed by atoms with Crippen LogP contribution in [-0.2, 0) is 11.3 Å². The SMILES string of the molecule is CCN1CCC(NCc2cc(OC)c(OC)cc2OC)C1=O. The quantitative estimate of drug-likeness (QED) is 0.825. The summed E-state index contributed by atoms with van der Waals surface area (Å²) >= 11 is 0. The molecule has 1 fully saturated rings. The van der Waals surface area contributed by atoms with Crippen molar-refractivity contribution in [2.75, 3.05) is 34.4 Å². The maximum Gasteiger partial charge on any atom is 0.239 e. The smallest absolute Gasteiger partial charge is 0.239 e. The Morgan fingerprint density at radius 3 is 2.32 bits per heavy atom. The van der Waals surface area contributed by atoms with Crippen molar-refractivity contribution >= 4 is 5.91 Å². The van der Waals surface area contributed by atoms with Crippen LogP contribution in [0.3, 0.4) is 0 Å². The van der Waals surface area contributed by atoms with Crippen molar-refractivity contribution in [3.63, 3.8) is 0 Å². The zero-order valence-electron chi connectivity index (χ0n) is 13.6. The molecular weight excluding hydrogens is 284 g/mol.